The van der Waals surface area contributed by atoms with E-state index in [1.807, 2.05) is 0 Å². The molecule has 4 bridgehead atoms. The first-order valence-corrected chi connectivity index (χ1v) is 9.19. The molecule has 0 radical (unpaired) electrons. The second kappa shape index (κ2) is 3.78. The number of esters is 1. The summed E-state index contributed by atoms with van der Waals surface area (Å²) in [6, 6.07) is 0. The fourth-order valence-corrected chi connectivity index (χ4v) is 7.71. The van der Waals surface area contributed by atoms with Crippen molar-refractivity contribution < 1.29 is 34.1 Å². The molecule has 6 fully saturated rings. The highest BCUT2D eigenvalue weighted by atomic mass is 16.6. The second-order valence-electron chi connectivity index (χ2n) is 9.41. The van der Waals surface area contributed by atoms with E-state index in [2.05, 4.69) is 6.58 Å². The molecule has 1 spiro atoms. The number of epoxide rings is 1. The third-order valence-electron chi connectivity index (χ3n) is 8.63. The summed E-state index contributed by atoms with van der Waals surface area (Å²) in [4.78, 5) is 38.6. The molecule has 6 rings (SSSR count). The monoisotopic (exact) mass is 360 g/mol. The van der Waals surface area contributed by atoms with Crippen molar-refractivity contribution in [3.63, 3.8) is 0 Å². The number of rotatable bonds is 1. The van der Waals surface area contributed by atoms with Gasteiger partial charge in [0.2, 0.25) is 5.78 Å². The van der Waals surface area contributed by atoms with Crippen molar-refractivity contribution in [3.8, 4) is 0 Å². The zero-order valence-corrected chi connectivity index (χ0v) is 14.4. The molecule has 0 aromatic heterocycles. The first-order valence-electron chi connectivity index (χ1n) is 9.19. The van der Waals surface area contributed by atoms with Crippen LogP contribution in [0.4, 0.5) is 0 Å². The van der Waals surface area contributed by atoms with Gasteiger partial charge in [-0.2, -0.15) is 0 Å². The van der Waals surface area contributed by atoms with E-state index >= 15 is 0 Å². The third kappa shape index (κ3) is 1.18. The van der Waals surface area contributed by atoms with Crippen LogP contribution in [-0.4, -0.2) is 51.3 Å². The highest BCUT2D eigenvalue weighted by Gasteiger charge is 2.91. The van der Waals surface area contributed by atoms with Crippen LogP contribution in [-0.2, 0) is 23.9 Å². The summed E-state index contributed by atoms with van der Waals surface area (Å²) in [7, 11) is 0. The number of fused-ring (bicyclic) bond motifs is 3. The van der Waals surface area contributed by atoms with E-state index in [1.54, 1.807) is 6.92 Å². The summed E-state index contributed by atoms with van der Waals surface area (Å²) in [6.07, 6.45) is 0.233. The Bertz CT molecular complexity index is 849. The van der Waals surface area contributed by atoms with Gasteiger partial charge in [0.25, 0.3) is 0 Å². The number of carboxylic acids is 1. The molecule has 7 heteroatoms. The van der Waals surface area contributed by atoms with Gasteiger partial charge in [-0.3, -0.25) is 14.4 Å². The maximum Gasteiger partial charge on any atom is 0.316 e. The lowest BCUT2D eigenvalue weighted by Crippen LogP contribution is -2.57. The third-order valence-corrected chi connectivity index (χ3v) is 8.63. The molecule has 6 aliphatic rings. The molecule has 9 atom stereocenters. The van der Waals surface area contributed by atoms with Crippen LogP contribution in [0, 0.1) is 28.6 Å². The van der Waals surface area contributed by atoms with Crippen LogP contribution in [0.25, 0.3) is 0 Å². The molecule has 2 saturated heterocycles. The SMILES string of the molecule is C=C1C[C@]23C[C@@]1(O)CC[C@H]2[C@@]12OC(=O)[C@](C)([C@H]1[C@@H]3C(=O)O)[C@H]1O[C@H]1C2=O. The highest BCUT2D eigenvalue weighted by Crippen LogP contribution is 2.79. The predicted molar refractivity (Wildman–Crippen MR) is 83.7 cm³/mol. The molecule has 4 saturated carbocycles. The van der Waals surface area contributed by atoms with Crippen LogP contribution in [0.3, 0.4) is 0 Å². The van der Waals surface area contributed by atoms with E-state index in [0.717, 1.165) is 0 Å². The molecule has 2 aliphatic heterocycles. The first-order chi connectivity index (χ1) is 12.1. The largest absolute Gasteiger partial charge is 0.481 e. The van der Waals surface area contributed by atoms with Crippen molar-refractivity contribution in [3.05, 3.63) is 12.2 Å². The van der Waals surface area contributed by atoms with E-state index in [9.17, 15) is 24.6 Å². The number of carbonyl (C=O) groups excluding carboxylic acids is 2. The molecule has 4 aliphatic carbocycles. The van der Waals surface area contributed by atoms with Crippen LogP contribution < -0.4 is 0 Å². The van der Waals surface area contributed by atoms with Crippen LogP contribution in [0.15, 0.2) is 12.2 Å². The van der Waals surface area contributed by atoms with Gasteiger partial charge in [0.15, 0.2) is 5.60 Å². The fraction of sp³-hybridized carbons (Fsp3) is 0.737. The molecule has 2 heterocycles. The Morgan fingerprint density at radius 1 is 1.35 bits per heavy atom. The van der Waals surface area contributed by atoms with Gasteiger partial charge in [0.05, 0.1) is 11.5 Å². The number of aliphatic hydroxyl groups is 1. The minimum Gasteiger partial charge on any atom is -0.481 e. The minimum atomic E-state index is -1.43. The van der Waals surface area contributed by atoms with E-state index < -0.39 is 63.9 Å². The van der Waals surface area contributed by atoms with Crippen molar-refractivity contribution in [2.75, 3.05) is 0 Å². The van der Waals surface area contributed by atoms with Gasteiger partial charge in [-0.1, -0.05) is 6.58 Å². The molecule has 2 N–H and O–H groups in total. The average Bonchev–Trinajstić information content (AvgIpc) is 3.24. The number of carboxylic acid groups (broad SMARTS) is 1. The molecule has 0 aromatic rings. The van der Waals surface area contributed by atoms with E-state index in [4.69, 9.17) is 9.47 Å². The topological polar surface area (TPSA) is 113 Å². The Hall–Kier alpha value is -1.73. The Morgan fingerprint density at radius 3 is 2.77 bits per heavy atom. The first kappa shape index (κ1) is 15.3. The van der Waals surface area contributed by atoms with Gasteiger partial charge in [-0.05, 0) is 43.6 Å². The van der Waals surface area contributed by atoms with Gasteiger partial charge in [0, 0.05) is 11.8 Å². The van der Waals surface area contributed by atoms with Crippen LogP contribution in [0.5, 0.6) is 0 Å². The summed E-state index contributed by atoms with van der Waals surface area (Å²) in [5.41, 5.74) is -3.80. The number of aliphatic carboxylic acids is 1. The summed E-state index contributed by atoms with van der Waals surface area (Å²) in [6.45, 7) is 5.70. The zero-order chi connectivity index (χ0) is 18.4. The van der Waals surface area contributed by atoms with Gasteiger partial charge in [-0.25, -0.2) is 0 Å². The lowest BCUT2D eigenvalue weighted by molar-refractivity contribution is -0.171. The van der Waals surface area contributed by atoms with Crippen LogP contribution in [0.2, 0.25) is 0 Å². The van der Waals surface area contributed by atoms with Gasteiger partial charge in [-0.15, -0.1) is 0 Å². The van der Waals surface area contributed by atoms with E-state index in [1.165, 1.54) is 0 Å². The van der Waals surface area contributed by atoms with Gasteiger partial charge < -0.3 is 19.7 Å². The molecule has 138 valence electrons. The summed E-state index contributed by atoms with van der Waals surface area (Å²) < 4.78 is 11.4. The summed E-state index contributed by atoms with van der Waals surface area (Å²) >= 11 is 0. The molecule has 0 unspecified atom stereocenters. The van der Waals surface area contributed by atoms with Crippen molar-refractivity contribution in [1.82, 2.24) is 0 Å². The second-order valence-corrected chi connectivity index (χ2v) is 9.41. The number of hydrogen-bond donors (Lipinski definition) is 2. The Balaban J connectivity index is 1.65. The van der Waals surface area contributed by atoms with E-state index in [0.29, 0.717) is 24.8 Å². The lowest BCUT2D eigenvalue weighted by Gasteiger charge is -2.44. The Morgan fingerprint density at radius 2 is 2.08 bits per heavy atom. The van der Waals surface area contributed by atoms with Gasteiger partial charge >= 0.3 is 11.9 Å². The maximum absolute atomic E-state index is 13.3. The zero-order valence-electron chi connectivity index (χ0n) is 14.4. The fourth-order valence-electron chi connectivity index (χ4n) is 7.71. The molecule has 26 heavy (non-hydrogen) atoms. The van der Waals surface area contributed by atoms with Crippen LogP contribution >= 0.6 is 0 Å². The summed E-state index contributed by atoms with van der Waals surface area (Å²) in [5.74, 6) is -3.92. The van der Waals surface area contributed by atoms with Crippen LogP contribution in [0.1, 0.15) is 32.6 Å². The lowest BCUT2D eigenvalue weighted by atomic mass is 9.60. The standard InChI is InChI=1S/C19H20O7/c1-7-5-17-6-18(7,24)4-3-8(17)19-11(9(17)14(21)22)16(2,15(23)26-19)13-10(25-13)12(19)20/h8-11,13,24H,1,3-6H2,2H3,(H,21,22)/t8-,9-,10+,11-,13+,16-,17+,18+,19-/m1/s1. The molecular formula is C19H20O7. The minimum absolute atomic E-state index is 0.271. The number of hydrogen-bond acceptors (Lipinski definition) is 6. The smallest absolute Gasteiger partial charge is 0.316 e. The molecule has 7 nitrogen and oxygen atoms in total. The number of ketones is 1. The van der Waals surface area contributed by atoms with E-state index in [-0.39, 0.29) is 12.2 Å². The molecule has 0 aromatic carbocycles. The normalized spacial score (nSPS) is 61.0. The highest BCUT2D eigenvalue weighted by molar-refractivity contribution is 6.05. The van der Waals surface area contributed by atoms with Crippen molar-refractivity contribution in [1.29, 1.82) is 0 Å². The maximum atomic E-state index is 13.3. The van der Waals surface area contributed by atoms with Crippen molar-refractivity contribution in [2.24, 2.45) is 28.6 Å². The number of ether oxygens (including phenoxy) is 2. The predicted octanol–water partition coefficient (Wildman–Crippen LogP) is 0.446. The average molecular weight is 360 g/mol. The Kier molecular flexibility index (Phi) is 2.23. The number of carbonyl (C=O) groups is 3. The quantitative estimate of drug-likeness (QED) is 0.396. The molecule has 0 amide bonds. The van der Waals surface area contributed by atoms with Crippen molar-refractivity contribution in [2.45, 2.75) is 56.0 Å². The van der Waals surface area contributed by atoms with Crippen molar-refractivity contribution >= 4 is 17.7 Å². The van der Waals surface area contributed by atoms with Gasteiger partial charge in [0.1, 0.15) is 17.6 Å². The summed E-state index contributed by atoms with van der Waals surface area (Å²) in [5, 5.41) is 21.2. The molecular weight excluding hydrogens is 340 g/mol. The Labute approximate surface area is 149 Å². The number of Topliss-reactive ketones (excluding diaryl/α,β-unsaturated/α-hetero) is 1.